The Morgan fingerprint density at radius 3 is 2.30 bits per heavy atom. The zero-order chi connectivity index (χ0) is 17.0. The van der Waals surface area contributed by atoms with Gasteiger partial charge in [-0.1, -0.05) is 39.0 Å². The van der Waals surface area contributed by atoms with Crippen molar-refractivity contribution < 1.29 is 13.9 Å². The molecular formula is C19H22FNO2. The number of ether oxygens (including phenoxy) is 1. The highest BCUT2D eigenvalue weighted by molar-refractivity contribution is 5.95. The molecule has 0 aliphatic rings. The number of carbonyl (C=O) groups is 1. The number of anilines is 1. The molecule has 2 aromatic rings. The number of halogens is 1. The Kier molecular flexibility index (Phi) is 5.04. The Bertz CT molecular complexity index is 675. The number of hydrogen-bond acceptors (Lipinski definition) is 2. The number of para-hydroxylation sites is 1. The Morgan fingerprint density at radius 1 is 1.09 bits per heavy atom. The van der Waals surface area contributed by atoms with Crippen LogP contribution in [-0.2, 0) is 10.2 Å². The summed E-state index contributed by atoms with van der Waals surface area (Å²) in [6, 6.07) is 13.3. The van der Waals surface area contributed by atoms with Crippen molar-refractivity contribution in [3.05, 3.63) is 59.9 Å². The molecule has 4 heteroatoms. The fourth-order valence-corrected chi connectivity index (χ4v) is 2.25. The molecule has 1 unspecified atom stereocenters. The maximum Gasteiger partial charge on any atom is 0.265 e. The molecule has 1 amide bonds. The topological polar surface area (TPSA) is 38.3 Å². The summed E-state index contributed by atoms with van der Waals surface area (Å²) in [5.74, 6) is -0.127. The largest absolute Gasteiger partial charge is 0.481 e. The molecule has 0 aromatic heterocycles. The predicted molar refractivity (Wildman–Crippen MR) is 90.3 cm³/mol. The van der Waals surface area contributed by atoms with Gasteiger partial charge in [0, 0.05) is 5.69 Å². The summed E-state index contributed by atoms with van der Waals surface area (Å²) in [7, 11) is 0. The summed E-state index contributed by atoms with van der Waals surface area (Å²) in [5, 5.41) is 2.91. The standard InChI is InChI=1S/C19H22FNO2/c1-13(23-15-11-9-14(20)10-12-15)18(22)21-17-8-6-5-7-16(17)19(2,3)4/h5-13H,1-4H3,(H,21,22). The van der Waals surface area contributed by atoms with E-state index in [-0.39, 0.29) is 17.1 Å². The van der Waals surface area contributed by atoms with Crippen LogP contribution in [0, 0.1) is 5.82 Å². The van der Waals surface area contributed by atoms with E-state index in [4.69, 9.17) is 4.74 Å². The first-order valence-electron chi connectivity index (χ1n) is 7.60. The van der Waals surface area contributed by atoms with Crippen LogP contribution in [-0.4, -0.2) is 12.0 Å². The summed E-state index contributed by atoms with van der Waals surface area (Å²) in [6.07, 6.45) is -0.687. The Hall–Kier alpha value is -2.36. The molecule has 0 aliphatic heterocycles. The molecule has 0 aliphatic carbocycles. The van der Waals surface area contributed by atoms with Crippen molar-refractivity contribution in [1.29, 1.82) is 0 Å². The van der Waals surface area contributed by atoms with Crippen LogP contribution >= 0.6 is 0 Å². The smallest absolute Gasteiger partial charge is 0.265 e. The van der Waals surface area contributed by atoms with Gasteiger partial charge in [0.1, 0.15) is 11.6 Å². The molecule has 1 atom stereocenters. The fourth-order valence-electron chi connectivity index (χ4n) is 2.25. The van der Waals surface area contributed by atoms with E-state index in [0.29, 0.717) is 5.75 Å². The number of amides is 1. The van der Waals surface area contributed by atoms with E-state index in [1.54, 1.807) is 6.92 Å². The van der Waals surface area contributed by atoms with E-state index in [1.165, 1.54) is 24.3 Å². The second-order valence-electron chi connectivity index (χ2n) is 6.50. The first-order chi connectivity index (χ1) is 10.8. The highest BCUT2D eigenvalue weighted by Crippen LogP contribution is 2.29. The molecule has 0 heterocycles. The zero-order valence-corrected chi connectivity index (χ0v) is 13.9. The second kappa shape index (κ2) is 6.82. The van der Waals surface area contributed by atoms with Crippen LogP contribution in [0.15, 0.2) is 48.5 Å². The highest BCUT2D eigenvalue weighted by Gasteiger charge is 2.21. The molecule has 0 bridgehead atoms. The number of nitrogens with one attached hydrogen (secondary N) is 1. The first-order valence-corrected chi connectivity index (χ1v) is 7.60. The minimum absolute atomic E-state index is 0.0784. The summed E-state index contributed by atoms with van der Waals surface area (Å²) in [5.41, 5.74) is 1.76. The number of carbonyl (C=O) groups excluding carboxylic acids is 1. The lowest BCUT2D eigenvalue weighted by Crippen LogP contribution is -2.31. The quantitative estimate of drug-likeness (QED) is 0.900. The highest BCUT2D eigenvalue weighted by atomic mass is 19.1. The van der Waals surface area contributed by atoms with Crippen LogP contribution in [0.25, 0.3) is 0 Å². The van der Waals surface area contributed by atoms with Crippen LogP contribution in [0.5, 0.6) is 5.75 Å². The van der Waals surface area contributed by atoms with E-state index in [9.17, 15) is 9.18 Å². The van der Waals surface area contributed by atoms with E-state index in [2.05, 4.69) is 26.1 Å². The van der Waals surface area contributed by atoms with Crippen LogP contribution in [0.2, 0.25) is 0 Å². The maximum atomic E-state index is 12.9. The number of benzene rings is 2. The minimum Gasteiger partial charge on any atom is -0.481 e. The molecule has 0 fully saturated rings. The lowest BCUT2D eigenvalue weighted by Gasteiger charge is -2.24. The van der Waals surface area contributed by atoms with Crippen molar-refractivity contribution in [3.8, 4) is 5.75 Å². The van der Waals surface area contributed by atoms with Gasteiger partial charge in [0.15, 0.2) is 6.10 Å². The van der Waals surface area contributed by atoms with E-state index < -0.39 is 6.10 Å². The molecule has 122 valence electrons. The van der Waals surface area contributed by atoms with E-state index in [0.717, 1.165) is 11.3 Å². The van der Waals surface area contributed by atoms with Crippen molar-refractivity contribution >= 4 is 11.6 Å². The second-order valence-corrected chi connectivity index (χ2v) is 6.50. The van der Waals surface area contributed by atoms with Gasteiger partial charge in [-0.3, -0.25) is 4.79 Å². The third kappa shape index (κ3) is 4.55. The molecule has 0 saturated heterocycles. The van der Waals surface area contributed by atoms with Gasteiger partial charge in [0.2, 0.25) is 0 Å². The van der Waals surface area contributed by atoms with Gasteiger partial charge in [0.25, 0.3) is 5.91 Å². The monoisotopic (exact) mass is 315 g/mol. The Balaban J connectivity index is 2.08. The molecule has 2 aromatic carbocycles. The molecule has 1 N–H and O–H groups in total. The van der Waals surface area contributed by atoms with Crippen molar-refractivity contribution in [3.63, 3.8) is 0 Å². The van der Waals surface area contributed by atoms with E-state index in [1.807, 2.05) is 24.3 Å². The van der Waals surface area contributed by atoms with Gasteiger partial charge in [-0.15, -0.1) is 0 Å². The van der Waals surface area contributed by atoms with Crippen LogP contribution in [0.1, 0.15) is 33.3 Å². The lowest BCUT2D eigenvalue weighted by atomic mass is 9.86. The average Bonchev–Trinajstić information content (AvgIpc) is 2.49. The Labute approximate surface area is 136 Å². The van der Waals surface area contributed by atoms with Crippen molar-refractivity contribution in [2.45, 2.75) is 39.2 Å². The van der Waals surface area contributed by atoms with Crippen molar-refractivity contribution in [2.24, 2.45) is 0 Å². The van der Waals surface area contributed by atoms with Crippen molar-refractivity contribution in [2.75, 3.05) is 5.32 Å². The van der Waals surface area contributed by atoms with Gasteiger partial charge in [-0.05, 0) is 48.2 Å². The molecule has 0 saturated carbocycles. The molecule has 0 spiro atoms. The van der Waals surface area contributed by atoms with Gasteiger partial charge in [-0.2, -0.15) is 0 Å². The maximum absolute atomic E-state index is 12.9. The fraction of sp³-hybridized carbons (Fsp3) is 0.316. The summed E-state index contributed by atoms with van der Waals surface area (Å²) in [6.45, 7) is 7.95. The zero-order valence-electron chi connectivity index (χ0n) is 13.9. The van der Waals surface area contributed by atoms with Gasteiger partial charge >= 0.3 is 0 Å². The summed E-state index contributed by atoms with van der Waals surface area (Å²) < 4.78 is 18.4. The van der Waals surface area contributed by atoms with Gasteiger partial charge in [-0.25, -0.2) is 4.39 Å². The first kappa shape index (κ1) is 17.0. The Morgan fingerprint density at radius 2 is 1.70 bits per heavy atom. The van der Waals surface area contributed by atoms with Crippen LogP contribution in [0.4, 0.5) is 10.1 Å². The average molecular weight is 315 g/mol. The van der Waals surface area contributed by atoms with Crippen LogP contribution < -0.4 is 10.1 Å². The normalized spacial score (nSPS) is 12.6. The minimum atomic E-state index is -0.687. The SMILES string of the molecule is CC(Oc1ccc(F)cc1)C(=O)Nc1ccccc1C(C)(C)C. The van der Waals surface area contributed by atoms with Crippen LogP contribution in [0.3, 0.4) is 0 Å². The molecule has 2 rings (SSSR count). The summed E-state index contributed by atoms with van der Waals surface area (Å²) in [4.78, 5) is 12.4. The van der Waals surface area contributed by atoms with E-state index >= 15 is 0 Å². The van der Waals surface area contributed by atoms with Gasteiger partial charge in [0.05, 0.1) is 0 Å². The molecule has 23 heavy (non-hydrogen) atoms. The van der Waals surface area contributed by atoms with Gasteiger partial charge < -0.3 is 10.1 Å². The lowest BCUT2D eigenvalue weighted by molar-refractivity contribution is -0.122. The van der Waals surface area contributed by atoms with Crippen molar-refractivity contribution in [1.82, 2.24) is 0 Å². The third-order valence-electron chi connectivity index (χ3n) is 3.49. The molecular weight excluding hydrogens is 293 g/mol. The molecule has 3 nitrogen and oxygen atoms in total. The third-order valence-corrected chi connectivity index (χ3v) is 3.49. The summed E-state index contributed by atoms with van der Waals surface area (Å²) >= 11 is 0. The number of hydrogen-bond donors (Lipinski definition) is 1. The molecule has 0 radical (unpaired) electrons. The number of rotatable bonds is 4. The predicted octanol–water partition coefficient (Wildman–Crippen LogP) is 4.53.